The highest BCUT2D eigenvalue weighted by atomic mass is 19.4. The van der Waals surface area contributed by atoms with Crippen LogP contribution in [-0.4, -0.2) is 28.1 Å². The SMILES string of the molecule is CCC1(O)CCC2(C)C(=CCC3C2CCC2(C)C(C(C)CCC(O)C(F)(F)F)CCC32)C1. The van der Waals surface area contributed by atoms with E-state index >= 15 is 0 Å². The number of allylic oxidation sites excluding steroid dienone is 1. The number of aliphatic hydroxyl groups is 2. The van der Waals surface area contributed by atoms with Gasteiger partial charge in [0, 0.05) is 0 Å². The van der Waals surface area contributed by atoms with E-state index in [4.69, 9.17) is 0 Å². The highest BCUT2D eigenvalue weighted by Crippen LogP contribution is 2.67. The van der Waals surface area contributed by atoms with E-state index in [2.05, 4.69) is 33.8 Å². The van der Waals surface area contributed by atoms with E-state index in [-0.39, 0.29) is 23.2 Å². The minimum absolute atomic E-state index is 0.182. The standard InChI is InChI=1S/C27H43F3O2/c1-5-26(32)15-14-24(3)18(16-26)7-8-19-21-10-9-20(25(21,4)13-12-22(19)24)17(2)6-11-23(31)27(28,29)30/h7,17,19-23,31-32H,5-6,8-16H2,1-4H3. The zero-order valence-corrected chi connectivity index (χ0v) is 20.3. The average Bonchev–Trinajstić information content (AvgIpc) is 3.09. The van der Waals surface area contributed by atoms with Crippen LogP contribution in [0, 0.1) is 40.4 Å². The Hall–Kier alpha value is -0.550. The predicted molar refractivity (Wildman–Crippen MR) is 121 cm³/mol. The Morgan fingerprint density at radius 2 is 1.78 bits per heavy atom. The van der Waals surface area contributed by atoms with Crippen LogP contribution in [0.1, 0.15) is 98.3 Å². The molecule has 0 aromatic heterocycles. The smallest absolute Gasteiger partial charge is 0.390 e. The van der Waals surface area contributed by atoms with Crippen LogP contribution >= 0.6 is 0 Å². The number of alkyl halides is 3. The maximum atomic E-state index is 12.8. The molecular formula is C27H43F3O2. The van der Waals surface area contributed by atoms with Gasteiger partial charge in [-0.25, -0.2) is 0 Å². The molecule has 9 unspecified atom stereocenters. The molecule has 3 saturated carbocycles. The third kappa shape index (κ3) is 3.97. The molecule has 2 nitrogen and oxygen atoms in total. The quantitative estimate of drug-likeness (QED) is 0.435. The molecule has 4 rings (SSSR count). The predicted octanol–water partition coefficient (Wildman–Crippen LogP) is 7.05. The fourth-order valence-corrected chi connectivity index (χ4v) is 8.77. The first-order valence-corrected chi connectivity index (χ1v) is 13.0. The third-order valence-corrected chi connectivity index (χ3v) is 10.9. The second-order valence-electron chi connectivity index (χ2n) is 12.4. The maximum absolute atomic E-state index is 12.8. The molecule has 9 atom stereocenters. The Morgan fingerprint density at radius 1 is 1.06 bits per heavy atom. The van der Waals surface area contributed by atoms with E-state index in [1.165, 1.54) is 18.4 Å². The van der Waals surface area contributed by atoms with Crippen LogP contribution in [0.4, 0.5) is 13.2 Å². The van der Waals surface area contributed by atoms with E-state index in [1.54, 1.807) is 0 Å². The lowest BCUT2D eigenvalue weighted by molar-refractivity contribution is -0.206. The van der Waals surface area contributed by atoms with Gasteiger partial charge in [0.05, 0.1) is 5.60 Å². The maximum Gasteiger partial charge on any atom is 0.414 e. The van der Waals surface area contributed by atoms with Crippen molar-refractivity contribution in [1.29, 1.82) is 0 Å². The van der Waals surface area contributed by atoms with Gasteiger partial charge < -0.3 is 10.2 Å². The van der Waals surface area contributed by atoms with Gasteiger partial charge in [-0.3, -0.25) is 0 Å². The van der Waals surface area contributed by atoms with E-state index in [0.29, 0.717) is 30.1 Å². The number of hydrogen-bond acceptors (Lipinski definition) is 2. The Bertz CT molecular complexity index is 733. The summed E-state index contributed by atoms with van der Waals surface area (Å²) >= 11 is 0. The molecule has 0 heterocycles. The zero-order valence-electron chi connectivity index (χ0n) is 20.3. The molecule has 184 valence electrons. The van der Waals surface area contributed by atoms with Crippen LogP contribution < -0.4 is 0 Å². The lowest BCUT2D eigenvalue weighted by atomic mass is 9.46. The molecule has 5 heteroatoms. The molecule has 4 aliphatic rings. The second kappa shape index (κ2) is 8.29. The van der Waals surface area contributed by atoms with Crippen molar-refractivity contribution in [2.24, 2.45) is 40.4 Å². The van der Waals surface area contributed by atoms with Crippen LogP contribution in [-0.2, 0) is 0 Å². The van der Waals surface area contributed by atoms with Crippen LogP contribution in [0.5, 0.6) is 0 Å². The van der Waals surface area contributed by atoms with Crippen molar-refractivity contribution in [2.45, 2.75) is 116 Å². The van der Waals surface area contributed by atoms with Crippen molar-refractivity contribution < 1.29 is 23.4 Å². The van der Waals surface area contributed by atoms with Crippen LogP contribution in [0.2, 0.25) is 0 Å². The molecular weight excluding hydrogens is 413 g/mol. The monoisotopic (exact) mass is 456 g/mol. The van der Waals surface area contributed by atoms with Gasteiger partial charge in [-0.2, -0.15) is 13.2 Å². The molecule has 0 radical (unpaired) electrons. The summed E-state index contributed by atoms with van der Waals surface area (Å²) in [6, 6.07) is 0. The van der Waals surface area contributed by atoms with Gasteiger partial charge in [0.25, 0.3) is 0 Å². The number of aliphatic hydroxyl groups excluding tert-OH is 1. The van der Waals surface area contributed by atoms with Gasteiger partial charge in [0.1, 0.15) is 6.10 Å². The summed E-state index contributed by atoms with van der Waals surface area (Å²) in [6.07, 6.45) is 5.39. The molecule has 0 spiro atoms. The summed E-state index contributed by atoms with van der Waals surface area (Å²) in [7, 11) is 0. The molecule has 0 saturated heterocycles. The first kappa shape index (κ1) is 24.6. The molecule has 0 amide bonds. The van der Waals surface area contributed by atoms with Crippen LogP contribution in [0.25, 0.3) is 0 Å². The third-order valence-electron chi connectivity index (χ3n) is 10.9. The fraction of sp³-hybridized carbons (Fsp3) is 0.926. The molecule has 2 N–H and O–H groups in total. The summed E-state index contributed by atoms with van der Waals surface area (Å²) in [5.74, 6) is 2.63. The normalized spacial score (nSPS) is 46.0. The van der Waals surface area contributed by atoms with E-state index in [0.717, 1.165) is 44.9 Å². The molecule has 3 fully saturated rings. The fourth-order valence-electron chi connectivity index (χ4n) is 8.77. The number of hydrogen-bond donors (Lipinski definition) is 2. The Kier molecular flexibility index (Phi) is 6.36. The van der Waals surface area contributed by atoms with Crippen molar-refractivity contribution >= 4 is 0 Å². The molecule has 0 bridgehead atoms. The summed E-state index contributed by atoms with van der Waals surface area (Å²) in [5, 5.41) is 20.4. The lowest BCUT2D eigenvalue weighted by Gasteiger charge is -2.59. The molecule has 0 aromatic carbocycles. The Balaban J connectivity index is 1.48. The second-order valence-corrected chi connectivity index (χ2v) is 12.4. The van der Waals surface area contributed by atoms with Gasteiger partial charge >= 0.3 is 6.18 Å². The highest BCUT2D eigenvalue weighted by Gasteiger charge is 2.59. The number of fused-ring (bicyclic) bond motifs is 5. The van der Waals surface area contributed by atoms with Gasteiger partial charge in [-0.05, 0) is 111 Å². The van der Waals surface area contributed by atoms with Crippen molar-refractivity contribution in [3.63, 3.8) is 0 Å². The molecule has 4 aliphatic carbocycles. The molecule has 0 aromatic rings. The van der Waals surface area contributed by atoms with Crippen molar-refractivity contribution in [1.82, 2.24) is 0 Å². The van der Waals surface area contributed by atoms with Gasteiger partial charge in [0.15, 0.2) is 0 Å². The minimum Gasteiger partial charge on any atom is -0.390 e. The number of halogens is 3. The Labute approximate surface area is 192 Å². The molecule has 32 heavy (non-hydrogen) atoms. The van der Waals surface area contributed by atoms with Crippen LogP contribution in [0.15, 0.2) is 11.6 Å². The van der Waals surface area contributed by atoms with Crippen LogP contribution in [0.3, 0.4) is 0 Å². The molecule has 0 aliphatic heterocycles. The summed E-state index contributed by atoms with van der Waals surface area (Å²) < 4.78 is 38.3. The first-order valence-electron chi connectivity index (χ1n) is 13.0. The lowest BCUT2D eigenvalue weighted by Crippen LogP contribution is -2.52. The summed E-state index contributed by atoms with van der Waals surface area (Å²) in [4.78, 5) is 0. The van der Waals surface area contributed by atoms with Crippen molar-refractivity contribution in [3.05, 3.63) is 11.6 Å². The van der Waals surface area contributed by atoms with Crippen molar-refractivity contribution in [2.75, 3.05) is 0 Å². The zero-order chi connectivity index (χ0) is 23.5. The first-order chi connectivity index (χ1) is 14.8. The van der Waals surface area contributed by atoms with Gasteiger partial charge in [-0.1, -0.05) is 39.3 Å². The van der Waals surface area contributed by atoms with E-state index in [1.807, 2.05) is 0 Å². The topological polar surface area (TPSA) is 40.5 Å². The number of rotatable bonds is 5. The Morgan fingerprint density at radius 3 is 2.44 bits per heavy atom. The van der Waals surface area contributed by atoms with Gasteiger partial charge in [0.2, 0.25) is 0 Å². The summed E-state index contributed by atoms with van der Waals surface area (Å²) in [5.41, 5.74) is 1.36. The van der Waals surface area contributed by atoms with Crippen molar-refractivity contribution in [3.8, 4) is 0 Å². The highest BCUT2D eigenvalue weighted by molar-refractivity contribution is 5.27. The van der Waals surface area contributed by atoms with Gasteiger partial charge in [-0.15, -0.1) is 0 Å². The van der Waals surface area contributed by atoms with E-state index in [9.17, 15) is 23.4 Å². The van der Waals surface area contributed by atoms with E-state index < -0.39 is 17.9 Å². The average molecular weight is 457 g/mol. The minimum atomic E-state index is -4.51. The summed E-state index contributed by atoms with van der Waals surface area (Å²) in [6.45, 7) is 9.07. The largest absolute Gasteiger partial charge is 0.414 e.